The third-order valence-electron chi connectivity index (χ3n) is 8.12. The topological polar surface area (TPSA) is 57.6 Å². The monoisotopic (exact) mass is 590 g/mol. The summed E-state index contributed by atoms with van der Waals surface area (Å²) in [4.78, 5) is 30.9. The molecule has 43 heavy (non-hydrogen) atoms. The molecule has 2 heterocycles. The smallest absolute Gasteiger partial charge is 0.335 e. The third kappa shape index (κ3) is 6.77. The Morgan fingerprint density at radius 3 is 2.02 bits per heavy atom. The maximum absolute atomic E-state index is 13.8. The van der Waals surface area contributed by atoms with E-state index in [1.54, 1.807) is 12.1 Å². The second-order valence-electron chi connectivity index (χ2n) is 12.1. The van der Waals surface area contributed by atoms with Gasteiger partial charge in [0.25, 0.3) is 11.8 Å². The van der Waals surface area contributed by atoms with Crippen LogP contribution in [0.4, 0.5) is 18.9 Å². The van der Waals surface area contributed by atoms with Crippen molar-refractivity contribution in [2.24, 2.45) is 0 Å². The van der Waals surface area contributed by atoms with Gasteiger partial charge in [0.15, 0.2) is 0 Å². The molecule has 9 heteroatoms. The molecule has 6 nitrogen and oxygen atoms in total. The van der Waals surface area contributed by atoms with E-state index < -0.39 is 17.6 Å². The number of aromatic nitrogens is 1. The van der Waals surface area contributed by atoms with E-state index in [1.807, 2.05) is 21.6 Å². The molecule has 1 aliphatic heterocycles. The van der Waals surface area contributed by atoms with Gasteiger partial charge < -0.3 is 19.7 Å². The highest BCUT2D eigenvalue weighted by molar-refractivity contribution is 6.06. The summed E-state index contributed by atoms with van der Waals surface area (Å²) in [5.41, 5.74) is 3.54. The van der Waals surface area contributed by atoms with Crippen LogP contribution in [-0.2, 0) is 18.1 Å². The summed E-state index contributed by atoms with van der Waals surface area (Å²) < 4.78 is 40.8. The first-order chi connectivity index (χ1) is 20.3. The first-order valence-corrected chi connectivity index (χ1v) is 14.6. The largest absolute Gasteiger partial charge is 0.416 e. The van der Waals surface area contributed by atoms with Crippen LogP contribution in [-0.4, -0.2) is 58.9 Å². The number of hydrogen-bond acceptors (Lipinski definition) is 3. The molecule has 0 spiro atoms. The van der Waals surface area contributed by atoms with Gasteiger partial charge in [-0.05, 0) is 71.6 Å². The average Bonchev–Trinajstić information content (AvgIpc) is 3.33. The molecule has 0 bridgehead atoms. The van der Waals surface area contributed by atoms with Crippen molar-refractivity contribution in [1.29, 1.82) is 0 Å². The Balaban J connectivity index is 1.45. The van der Waals surface area contributed by atoms with Crippen molar-refractivity contribution in [1.82, 2.24) is 14.4 Å². The van der Waals surface area contributed by atoms with Gasteiger partial charge in [-0.1, -0.05) is 52.0 Å². The minimum absolute atomic E-state index is 0.0294. The zero-order valence-corrected chi connectivity index (χ0v) is 25.0. The van der Waals surface area contributed by atoms with Crippen molar-refractivity contribution in [2.75, 3.05) is 38.0 Å². The molecule has 3 aromatic carbocycles. The molecule has 0 saturated carbocycles. The highest BCUT2D eigenvalue weighted by atomic mass is 19.4. The predicted octanol–water partition coefficient (Wildman–Crippen LogP) is 7.04. The fraction of sp³-hybridized carbons (Fsp3) is 0.353. The van der Waals surface area contributed by atoms with Crippen LogP contribution in [0.1, 0.15) is 65.2 Å². The quantitative estimate of drug-likeness (QED) is 0.262. The molecule has 5 rings (SSSR count). The number of anilines is 1. The van der Waals surface area contributed by atoms with Crippen LogP contribution in [0.3, 0.4) is 0 Å². The number of benzene rings is 3. The second-order valence-corrected chi connectivity index (χ2v) is 12.1. The SMILES string of the molecule is CCN1CCN(C(=O)c2cc3cc(NC(=O)c4ccc(C(F)(F)F)cc4)ccc3n2Cc2ccc(C(C)(C)C)cc2)CC1. The normalized spacial score (nSPS) is 14.7. The molecule has 4 aromatic rings. The van der Waals surface area contributed by atoms with Crippen molar-refractivity contribution in [3.63, 3.8) is 0 Å². The molecule has 226 valence electrons. The average molecular weight is 591 g/mol. The predicted molar refractivity (Wildman–Crippen MR) is 164 cm³/mol. The van der Waals surface area contributed by atoms with Gasteiger partial charge in [-0.25, -0.2) is 0 Å². The van der Waals surface area contributed by atoms with Crippen molar-refractivity contribution >= 4 is 28.4 Å². The number of piperazine rings is 1. The van der Waals surface area contributed by atoms with Gasteiger partial charge in [0.2, 0.25) is 0 Å². The van der Waals surface area contributed by atoms with Gasteiger partial charge in [0.1, 0.15) is 5.69 Å². The maximum Gasteiger partial charge on any atom is 0.416 e. The Bertz CT molecular complexity index is 1610. The number of fused-ring (bicyclic) bond motifs is 1. The number of alkyl halides is 3. The lowest BCUT2D eigenvalue weighted by molar-refractivity contribution is -0.137. The number of halogens is 3. The van der Waals surface area contributed by atoms with E-state index in [1.165, 1.54) is 5.56 Å². The van der Waals surface area contributed by atoms with E-state index >= 15 is 0 Å². The summed E-state index contributed by atoms with van der Waals surface area (Å²) in [6.45, 7) is 13.1. The van der Waals surface area contributed by atoms with E-state index in [2.05, 4.69) is 62.2 Å². The molecule has 0 aliphatic carbocycles. The molecule has 0 atom stereocenters. The molecule has 1 aromatic heterocycles. The summed E-state index contributed by atoms with van der Waals surface area (Å²) >= 11 is 0. The van der Waals surface area contributed by atoms with Crippen LogP contribution in [0.25, 0.3) is 10.9 Å². The Hall–Kier alpha value is -4.11. The number of hydrogen-bond donors (Lipinski definition) is 1. The molecule has 1 saturated heterocycles. The van der Waals surface area contributed by atoms with Crippen LogP contribution in [0.15, 0.2) is 72.8 Å². The van der Waals surface area contributed by atoms with E-state index in [9.17, 15) is 22.8 Å². The molecule has 0 radical (unpaired) electrons. The molecule has 1 fully saturated rings. The van der Waals surface area contributed by atoms with E-state index in [4.69, 9.17) is 0 Å². The van der Waals surface area contributed by atoms with Gasteiger partial charge in [0, 0.05) is 54.9 Å². The minimum atomic E-state index is -4.47. The molecule has 1 N–H and O–H groups in total. The number of likely N-dealkylation sites (N-methyl/N-ethyl adjacent to an activating group) is 1. The molecule has 0 unspecified atom stereocenters. The van der Waals surface area contributed by atoms with Crippen molar-refractivity contribution in [2.45, 2.75) is 45.8 Å². The molecular weight excluding hydrogens is 553 g/mol. The van der Waals surface area contributed by atoms with Gasteiger partial charge >= 0.3 is 6.18 Å². The molecule has 2 amide bonds. The lowest BCUT2D eigenvalue weighted by Crippen LogP contribution is -2.48. The zero-order chi connectivity index (χ0) is 30.9. The fourth-order valence-corrected chi connectivity index (χ4v) is 5.43. The minimum Gasteiger partial charge on any atom is -0.335 e. The van der Waals surface area contributed by atoms with Crippen molar-refractivity contribution in [3.8, 4) is 0 Å². The molecular formula is C34H37F3N4O2. The van der Waals surface area contributed by atoms with E-state index in [0.717, 1.165) is 60.4 Å². The number of amides is 2. The summed E-state index contributed by atoms with van der Waals surface area (Å²) in [7, 11) is 0. The van der Waals surface area contributed by atoms with E-state index in [0.29, 0.717) is 31.0 Å². The maximum atomic E-state index is 13.8. The van der Waals surface area contributed by atoms with Gasteiger partial charge in [-0.3, -0.25) is 9.59 Å². The van der Waals surface area contributed by atoms with Crippen molar-refractivity contribution in [3.05, 3.63) is 101 Å². The summed E-state index contributed by atoms with van der Waals surface area (Å²) in [6, 6.07) is 19.8. The molecule has 1 aliphatic rings. The highest BCUT2D eigenvalue weighted by Crippen LogP contribution is 2.30. The summed E-state index contributed by atoms with van der Waals surface area (Å²) in [6.07, 6.45) is -4.47. The Morgan fingerprint density at radius 2 is 1.44 bits per heavy atom. The fourth-order valence-electron chi connectivity index (χ4n) is 5.43. The Labute approximate surface area is 250 Å². The highest BCUT2D eigenvalue weighted by Gasteiger charge is 2.30. The van der Waals surface area contributed by atoms with Crippen LogP contribution < -0.4 is 5.32 Å². The first-order valence-electron chi connectivity index (χ1n) is 14.6. The van der Waals surface area contributed by atoms with E-state index in [-0.39, 0.29) is 16.9 Å². The first kappa shape index (κ1) is 30.4. The van der Waals surface area contributed by atoms with Crippen LogP contribution in [0, 0.1) is 0 Å². The van der Waals surface area contributed by atoms with Gasteiger partial charge in [-0.15, -0.1) is 0 Å². The lowest BCUT2D eigenvalue weighted by atomic mass is 9.87. The van der Waals surface area contributed by atoms with Crippen LogP contribution >= 0.6 is 0 Å². The number of nitrogens with zero attached hydrogens (tertiary/aromatic N) is 3. The second kappa shape index (κ2) is 11.9. The third-order valence-corrected chi connectivity index (χ3v) is 8.12. The Morgan fingerprint density at radius 1 is 0.814 bits per heavy atom. The standard InChI is InChI=1S/C34H37F3N4O2/c1-5-39-16-18-40(19-17-39)32(43)30-21-25-20-28(38-31(42)24-8-12-27(13-9-24)34(35,36)37)14-15-29(25)41(30)22-23-6-10-26(11-7-23)33(2,3)4/h6-15,20-21H,5,16-19,22H2,1-4H3,(H,38,42). The number of carbonyl (C=O) groups excluding carboxylic acids is 2. The number of rotatable bonds is 6. The van der Waals surface area contributed by atoms with Gasteiger partial charge in [0.05, 0.1) is 5.56 Å². The zero-order valence-electron chi connectivity index (χ0n) is 25.0. The van der Waals surface area contributed by atoms with Crippen LogP contribution in [0.2, 0.25) is 0 Å². The summed E-state index contributed by atoms with van der Waals surface area (Å²) in [5.74, 6) is -0.551. The number of nitrogens with one attached hydrogen (secondary N) is 1. The van der Waals surface area contributed by atoms with Gasteiger partial charge in [-0.2, -0.15) is 13.2 Å². The van der Waals surface area contributed by atoms with Crippen molar-refractivity contribution < 1.29 is 22.8 Å². The summed E-state index contributed by atoms with van der Waals surface area (Å²) in [5, 5.41) is 3.57. The number of carbonyl (C=O) groups is 2. The Kier molecular flexibility index (Phi) is 8.38. The lowest BCUT2D eigenvalue weighted by Gasteiger charge is -2.34. The van der Waals surface area contributed by atoms with Crippen LogP contribution in [0.5, 0.6) is 0 Å².